The minimum absolute atomic E-state index is 0.0387. The molecule has 0 aliphatic carbocycles. The second-order valence-corrected chi connectivity index (χ2v) is 9.73. The highest BCUT2D eigenvalue weighted by Crippen LogP contribution is 2.45. The smallest absolute Gasteiger partial charge is 0.416 e. The van der Waals surface area contributed by atoms with Gasteiger partial charge in [-0.2, -0.15) is 31.6 Å². The summed E-state index contributed by atoms with van der Waals surface area (Å²) in [6, 6.07) is 6.97. The maximum atomic E-state index is 13.7. The van der Waals surface area contributed by atoms with Crippen molar-refractivity contribution in [3.8, 4) is 11.8 Å². The van der Waals surface area contributed by atoms with Crippen LogP contribution < -0.4 is 14.5 Å². The van der Waals surface area contributed by atoms with Crippen LogP contribution in [0.1, 0.15) is 60.5 Å². The zero-order chi connectivity index (χ0) is 31.5. The molecule has 0 fully saturated rings. The van der Waals surface area contributed by atoms with Gasteiger partial charge in [0, 0.05) is 18.2 Å². The van der Waals surface area contributed by atoms with E-state index in [0.717, 1.165) is 0 Å². The Bertz CT molecular complexity index is 1470. The summed E-state index contributed by atoms with van der Waals surface area (Å²) < 4.78 is 92.9. The van der Waals surface area contributed by atoms with Gasteiger partial charge in [0.05, 0.1) is 54.5 Å². The second-order valence-electron chi connectivity index (χ2n) is 9.73. The zero-order valence-corrected chi connectivity index (χ0v) is 23.3. The number of hydrogen-bond donors (Lipinski definition) is 0. The number of benzene rings is 2. The SMILES string of the molecule is CCOC(=O)N1c2ccc(OC)cc2[C@@H](N(Cc2cc(C(F)(F)F)cc(C(F)(F)F)c2)c2ncc(C#N)cn2)C[C@H]1CC. The van der Waals surface area contributed by atoms with E-state index in [1.807, 2.05) is 13.0 Å². The Morgan fingerprint density at radius 2 is 1.67 bits per heavy atom. The molecule has 0 saturated heterocycles. The average molecular weight is 608 g/mol. The molecule has 228 valence electrons. The first-order chi connectivity index (χ1) is 20.3. The first-order valence-electron chi connectivity index (χ1n) is 13.2. The molecule has 0 N–H and O–H groups in total. The number of anilines is 2. The van der Waals surface area contributed by atoms with Gasteiger partial charge in [-0.1, -0.05) is 6.92 Å². The number of aromatic nitrogens is 2. The van der Waals surface area contributed by atoms with E-state index in [2.05, 4.69) is 9.97 Å². The first-order valence-corrected chi connectivity index (χ1v) is 13.2. The summed E-state index contributed by atoms with van der Waals surface area (Å²) in [7, 11) is 1.43. The van der Waals surface area contributed by atoms with Gasteiger partial charge in [-0.05, 0) is 61.7 Å². The molecule has 4 rings (SSSR count). The van der Waals surface area contributed by atoms with Gasteiger partial charge in [0.15, 0.2) is 0 Å². The van der Waals surface area contributed by atoms with Gasteiger partial charge >= 0.3 is 18.4 Å². The Labute approximate surface area is 243 Å². The average Bonchev–Trinajstić information content (AvgIpc) is 2.98. The van der Waals surface area contributed by atoms with Crippen LogP contribution in [-0.2, 0) is 23.6 Å². The molecule has 2 aromatic carbocycles. The normalized spacial score (nSPS) is 16.7. The van der Waals surface area contributed by atoms with E-state index < -0.39 is 48.2 Å². The molecule has 1 aliphatic rings. The molecule has 1 aliphatic heterocycles. The summed E-state index contributed by atoms with van der Waals surface area (Å²) in [5.41, 5.74) is -2.17. The van der Waals surface area contributed by atoms with Crippen molar-refractivity contribution in [1.82, 2.24) is 9.97 Å². The molecule has 1 amide bonds. The van der Waals surface area contributed by atoms with Crippen molar-refractivity contribution in [3.05, 3.63) is 76.6 Å². The van der Waals surface area contributed by atoms with Crippen molar-refractivity contribution < 1.29 is 40.6 Å². The van der Waals surface area contributed by atoms with E-state index in [1.54, 1.807) is 25.1 Å². The number of amides is 1. The van der Waals surface area contributed by atoms with Gasteiger partial charge in [0.25, 0.3) is 0 Å². The van der Waals surface area contributed by atoms with E-state index in [1.165, 1.54) is 29.3 Å². The van der Waals surface area contributed by atoms with Gasteiger partial charge in [-0.3, -0.25) is 4.90 Å². The lowest BCUT2D eigenvalue weighted by atomic mass is 9.88. The van der Waals surface area contributed by atoms with Crippen molar-refractivity contribution >= 4 is 17.7 Å². The molecule has 0 spiro atoms. The summed E-state index contributed by atoms with van der Waals surface area (Å²) >= 11 is 0. The lowest BCUT2D eigenvalue weighted by Crippen LogP contribution is -2.48. The summed E-state index contributed by atoms with van der Waals surface area (Å²) in [6.07, 6.45) is -7.61. The molecule has 14 heteroatoms. The predicted molar refractivity (Wildman–Crippen MR) is 143 cm³/mol. The molecule has 1 aromatic heterocycles. The van der Waals surface area contributed by atoms with Crippen LogP contribution in [0, 0.1) is 11.3 Å². The Balaban J connectivity index is 1.93. The summed E-state index contributed by atoms with van der Waals surface area (Å²) in [5, 5.41) is 9.22. The fourth-order valence-corrected chi connectivity index (χ4v) is 5.07. The molecule has 3 aromatic rings. The number of carbonyl (C=O) groups excluding carboxylic acids is 1. The van der Waals surface area contributed by atoms with Crippen LogP contribution in [0.25, 0.3) is 0 Å². The quantitative estimate of drug-likeness (QED) is 0.261. The Morgan fingerprint density at radius 1 is 1.05 bits per heavy atom. The Hall–Kier alpha value is -4.54. The van der Waals surface area contributed by atoms with Gasteiger partial charge in [-0.15, -0.1) is 0 Å². The molecular formula is C29H27F6N5O3. The molecule has 0 saturated carbocycles. The van der Waals surface area contributed by atoms with E-state index in [4.69, 9.17) is 9.47 Å². The number of nitrogens with zero attached hydrogens (tertiary/aromatic N) is 5. The van der Waals surface area contributed by atoms with E-state index in [0.29, 0.717) is 35.6 Å². The largest absolute Gasteiger partial charge is 0.497 e. The number of methoxy groups -OCH3 is 1. The number of hydrogen-bond acceptors (Lipinski definition) is 7. The zero-order valence-electron chi connectivity index (χ0n) is 23.3. The summed E-state index contributed by atoms with van der Waals surface area (Å²) in [4.78, 5) is 24.5. The number of halogens is 6. The summed E-state index contributed by atoms with van der Waals surface area (Å²) in [5.74, 6) is 0.366. The molecule has 0 bridgehead atoms. The first kappa shape index (κ1) is 31.4. The molecule has 2 heterocycles. The van der Waals surface area contributed by atoms with E-state index >= 15 is 0 Å². The minimum atomic E-state index is -5.04. The van der Waals surface area contributed by atoms with Gasteiger partial charge in [0.1, 0.15) is 11.8 Å². The highest BCUT2D eigenvalue weighted by molar-refractivity contribution is 5.90. The highest BCUT2D eigenvalue weighted by atomic mass is 19.4. The number of nitriles is 1. The van der Waals surface area contributed by atoms with Crippen molar-refractivity contribution in [1.29, 1.82) is 5.26 Å². The lowest BCUT2D eigenvalue weighted by molar-refractivity contribution is -0.143. The maximum Gasteiger partial charge on any atom is 0.416 e. The third-order valence-electron chi connectivity index (χ3n) is 7.05. The molecule has 0 unspecified atom stereocenters. The second kappa shape index (κ2) is 12.4. The fourth-order valence-electron chi connectivity index (χ4n) is 5.07. The lowest BCUT2D eigenvalue weighted by Gasteiger charge is -2.44. The molecular weight excluding hydrogens is 580 g/mol. The number of rotatable bonds is 7. The van der Waals surface area contributed by atoms with Crippen LogP contribution in [0.2, 0.25) is 0 Å². The standard InChI is InChI=1S/C29H27F6N5O3/c1-4-21-11-25(23-12-22(42-3)6-7-24(23)40(21)27(41)43-5-2)39(26-37-14-18(13-36)15-38-26)16-17-8-19(28(30,31)32)10-20(9-17)29(33,34)35/h6-10,12,14-15,21,25H,4-5,11,16H2,1-3H3/t21-,25+/m1/s1. The van der Waals surface area contributed by atoms with Crippen LogP contribution in [0.3, 0.4) is 0 Å². The third-order valence-corrected chi connectivity index (χ3v) is 7.05. The van der Waals surface area contributed by atoms with E-state index in [9.17, 15) is 36.4 Å². The molecule has 2 atom stereocenters. The van der Waals surface area contributed by atoms with Gasteiger partial charge in [0.2, 0.25) is 5.95 Å². The van der Waals surface area contributed by atoms with E-state index in [-0.39, 0.29) is 36.2 Å². The number of fused-ring (bicyclic) bond motifs is 1. The number of alkyl halides is 6. The minimum Gasteiger partial charge on any atom is -0.497 e. The van der Waals surface area contributed by atoms with Crippen molar-refractivity contribution in [2.24, 2.45) is 0 Å². The topological polar surface area (TPSA) is 91.6 Å². The fraction of sp³-hybridized carbons (Fsp3) is 0.379. The Morgan fingerprint density at radius 3 is 2.19 bits per heavy atom. The van der Waals surface area contributed by atoms with Crippen LogP contribution in [0.5, 0.6) is 5.75 Å². The Kier molecular flexibility index (Phi) is 9.03. The molecule has 43 heavy (non-hydrogen) atoms. The maximum absolute atomic E-state index is 13.7. The van der Waals surface area contributed by atoms with Crippen LogP contribution >= 0.6 is 0 Å². The third kappa shape index (κ3) is 6.76. The number of carbonyl (C=O) groups is 1. The van der Waals surface area contributed by atoms with Gasteiger partial charge in [-0.25, -0.2) is 14.8 Å². The van der Waals surface area contributed by atoms with Crippen molar-refractivity contribution in [2.75, 3.05) is 23.5 Å². The van der Waals surface area contributed by atoms with Gasteiger partial charge < -0.3 is 14.4 Å². The van der Waals surface area contributed by atoms with Crippen LogP contribution in [0.15, 0.2) is 48.8 Å². The monoisotopic (exact) mass is 607 g/mol. The molecule has 0 radical (unpaired) electrons. The van der Waals surface area contributed by atoms with Crippen molar-refractivity contribution in [2.45, 2.75) is 57.7 Å². The van der Waals surface area contributed by atoms with Crippen molar-refractivity contribution in [3.63, 3.8) is 0 Å². The summed E-state index contributed by atoms with van der Waals surface area (Å²) in [6.45, 7) is 3.15. The number of ether oxygens (including phenoxy) is 2. The highest BCUT2D eigenvalue weighted by Gasteiger charge is 2.41. The van der Waals surface area contributed by atoms with Crippen LogP contribution in [0.4, 0.5) is 42.8 Å². The predicted octanol–water partition coefficient (Wildman–Crippen LogP) is 7.29. The van der Waals surface area contributed by atoms with Crippen LogP contribution in [-0.4, -0.2) is 35.8 Å². The molecule has 8 nitrogen and oxygen atoms in total.